The predicted molar refractivity (Wildman–Crippen MR) is 131 cm³/mol. The second kappa shape index (κ2) is 8.80. The molecule has 0 unspecified atom stereocenters. The second-order valence-electron chi connectivity index (χ2n) is 10.6. The maximum absolute atomic E-state index is 6.05. The van der Waals surface area contributed by atoms with Crippen LogP contribution in [0.4, 0.5) is 0 Å². The van der Waals surface area contributed by atoms with Gasteiger partial charge in [0.2, 0.25) is 0 Å². The molecule has 0 aliphatic heterocycles. The number of hydrogen-bond acceptors (Lipinski definition) is 2. The Morgan fingerprint density at radius 1 is 1.00 bits per heavy atom. The molecule has 32 heavy (non-hydrogen) atoms. The molecule has 0 heterocycles. The zero-order valence-electron chi connectivity index (χ0n) is 20.1. The van der Waals surface area contributed by atoms with Crippen molar-refractivity contribution in [1.29, 1.82) is 0 Å². The molecule has 1 fully saturated rings. The molecule has 0 bridgehead atoms. The van der Waals surface area contributed by atoms with Gasteiger partial charge >= 0.3 is 0 Å². The molecule has 3 aliphatic rings. The Morgan fingerprint density at radius 2 is 1.84 bits per heavy atom. The Balaban J connectivity index is 1.35. The lowest BCUT2D eigenvalue weighted by Crippen LogP contribution is -2.39. The summed E-state index contributed by atoms with van der Waals surface area (Å²) in [5, 5.41) is 0. The fourth-order valence-corrected chi connectivity index (χ4v) is 7.02. The first-order valence-electron chi connectivity index (χ1n) is 12.5. The van der Waals surface area contributed by atoms with E-state index < -0.39 is 0 Å². The van der Waals surface area contributed by atoms with Gasteiger partial charge in [-0.1, -0.05) is 72.2 Å². The molecule has 0 amide bonds. The molecule has 2 aromatic rings. The third kappa shape index (κ3) is 3.86. The SMILES string of the molecule is CO[C@H]1CC2=C3CCc4cc(C)ccc4[C@]3(C)CC[C@@]2(CCCOCc2ccccc2)C1. The molecular weight excluding hydrogens is 392 g/mol. The van der Waals surface area contributed by atoms with Crippen molar-refractivity contribution in [3.8, 4) is 0 Å². The minimum Gasteiger partial charge on any atom is -0.381 e. The van der Waals surface area contributed by atoms with Crippen molar-refractivity contribution in [2.24, 2.45) is 5.41 Å². The molecule has 5 rings (SSSR count). The van der Waals surface area contributed by atoms with E-state index in [4.69, 9.17) is 9.47 Å². The van der Waals surface area contributed by atoms with Crippen molar-refractivity contribution in [1.82, 2.24) is 0 Å². The Bertz CT molecular complexity index is 991. The van der Waals surface area contributed by atoms with Gasteiger partial charge in [-0.15, -0.1) is 0 Å². The second-order valence-corrected chi connectivity index (χ2v) is 10.6. The first-order chi connectivity index (χ1) is 15.5. The van der Waals surface area contributed by atoms with Crippen LogP contribution in [0.2, 0.25) is 0 Å². The number of hydrogen-bond donors (Lipinski definition) is 0. The lowest BCUT2D eigenvalue weighted by molar-refractivity contribution is 0.0788. The van der Waals surface area contributed by atoms with Gasteiger partial charge in [0.25, 0.3) is 0 Å². The molecule has 3 aliphatic carbocycles. The van der Waals surface area contributed by atoms with Crippen LogP contribution in [0, 0.1) is 12.3 Å². The number of aryl methyl sites for hydroxylation is 2. The molecule has 2 nitrogen and oxygen atoms in total. The van der Waals surface area contributed by atoms with E-state index in [0.29, 0.717) is 11.5 Å². The lowest BCUT2D eigenvalue weighted by Gasteiger charge is -2.49. The zero-order chi connectivity index (χ0) is 22.2. The Kier molecular flexibility index (Phi) is 6.03. The molecule has 170 valence electrons. The Morgan fingerprint density at radius 3 is 2.66 bits per heavy atom. The monoisotopic (exact) mass is 430 g/mol. The van der Waals surface area contributed by atoms with E-state index in [1.54, 1.807) is 22.3 Å². The molecule has 0 spiro atoms. The molecule has 1 saturated carbocycles. The Labute approximate surface area is 194 Å². The third-order valence-corrected chi connectivity index (χ3v) is 8.71. The van der Waals surface area contributed by atoms with E-state index in [2.05, 4.69) is 62.4 Å². The predicted octanol–water partition coefficient (Wildman–Crippen LogP) is 7.08. The molecule has 2 heteroatoms. The van der Waals surface area contributed by atoms with Gasteiger partial charge in [0.1, 0.15) is 0 Å². The highest BCUT2D eigenvalue weighted by atomic mass is 16.5. The summed E-state index contributed by atoms with van der Waals surface area (Å²) >= 11 is 0. The molecular formula is C30H38O2. The van der Waals surface area contributed by atoms with Crippen molar-refractivity contribution in [3.63, 3.8) is 0 Å². The smallest absolute Gasteiger partial charge is 0.0716 e. The van der Waals surface area contributed by atoms with Crippen molar-refractivity contribution in [2.45, 2.75) is 83.3 Å². The average molecular weight is 431 g/mol. The molecule has 3 atom stereocenters. The highest BCUT2D eigenvalue weighted by Gasteiger charge is 2.52. The van der Waals surface area contributed by atoms with Crippen LogP contribution in [0.5, 0.6) is 0 Å². The fraction of sp³-hybridized carbons (Fsp3) is 0.533. The largest absolute Gasteiger partial charge is 0.381 e. The molecule has 2 aromatic carbocycles. The summed E-state index contributed by atoms with van der Waals surface area (Å²) < 4.78 is 12.0. The van der Waals surface area contributed by atoms with Gasteiger partial charge in [0.05, 0.1) is 12.7 Å². The minimum absolute atomic E-state index is 0.215. The average Bonchev–Trinajstić information content (AvgIpc) is 3.18. The van der Waals surface area contributed by atoms with E-state index in [0.717, 1.165) is 26.1 Å². The summed E-state index contributed by atoms with van der Waals surface area (Å²) in [5.74, 6) is 0. The fourth-order valence-electron chi connectivity index (χ4n) is 7.02. The number of rotatable bonds is 7. The minimum atomic E-state index is 0.215. The summed E-state index contributed by atoms with van der Waals surface area (Å²) in [5.41, 5.74) is 9.89. The highest BCUT2D eigenvalue weighted by Crippen LogP contribution is 2.61. The summed E-state index contributed by atoms with van der Waals surface area (Å²) in [6, 6.07) is 17.7. The summed E-state index contributed by atoms with van der Waals surface area (Å²) in [4.78, 5) is 0. The van der Waals surface area contributed by atoms with Crippen LogP contribution in [-0.2, 0) is 27.9 Å². The first-order valence-corrected chi connectivity index (χ1v) is 12.5. The van der Waals surface area contributed by atoms with Crippen LogP contribution < -0.4 is 0 Å². The number of fused-ring (bicyclic) bond motifs is 4. The maximum atomic E-state index is 6.05. The van der Waals surface area contributed by atoms with E-state index >= 15 is 0 Å². The van der Waals surface area contributed by atoms with Gasteiger partial charge in [-0.3, -0.25) is 0 Å². The van der Waals surface area contributed by atoms with Crippen molar-refractivity contribution in [3.05, 3.63) is 81.9 Å². The summed E-state index contributed by atoms with van der Waals surface area (Å²) in [7, 11) is 1.90. The standard InChI is InChI=1S/C30H38O2/c1-22-10-12-26-24(18-22)11-13-27-28-19-25(31-3)20-30(28,16-15-29(26,27)2)14-7-17-32-21-23-8-5-4-6-9-23/h4-6,8-10,12,18,25H,7,11,13-17,19-21H2,1-3H3/t25-,29-,30-/m0/s1. The van der Waals surface area contributed by atoms with E-state index in [9.17, 15) is 0 Å². The van der Waals surface area contributed by atoms with Gasteiger partial charge in [0.15, 0.2) is 0 Å². The highest BCUT2D eigenvalue weighted by molar-refractivity contribution is 5.51. The van der Waals surface area contributed by atoms with Gasteiger partial charge < -0.3 is 9.47 Å². The Hall–Kier alpha value is -1.90. The number of allylic oxidation sites excluding steroid dienone is 1. The van der Waals surface area contributed by atoms with Crippen molar-refractivity contribution in [2.75, 3.05) is 13.7 Å². The van der Waals surface area contributed by atoms with Crippen LogP contribution >= 0.6 is 0 Å². The molecule has 0 aromatic heterocycles. The number of methoxy groups -OCH3 is 1. The number of ether oxygens (including phenoxy) is 2. The third-order valence-electron chi connectivity index (χ3n) is 8.71. The van der Waals surface area contributed by atoms with Gasteiger partial charge in [-0.05, 0) is 80.4 Å². The topological polar surface area (TPSA) is 18.5 Å². The van der Waals surface area contributed by atoms with Crippen LogP contribution in [0.1, 0.15) is 74.1 Å². The lowest BCUT2D eigenvalue weighted by atomic mass is 9.55. The molecule has 0 saturated heterocycles. The van der Waals surface area contributed by atoms with Crippen LogP contribution in [-0.4, -0.2) is 19.8 Å². The molecule has 0 N–H and O–H groups in total. The number of benzene rings is 2. The van der Waals surface area contributed by atoms with Gasteiger partial charge in [0, 0.05) is 19.1 Å². The molecule has 0 radical (unpaired) electrons. The normalized spacial score (nSPS) is 28.9. The van der Waals surface area contributed by atoms with E-state index in [1.807, 2.05) is 7.11 Å². The van der Waals surface area contributed by atoms with Gasteiger partial charge in [-0.25, -0.2) is 0 Å². The van der Waals surface area contributed by atoms with Crippen LogP contribution in [0.15, 0.2) is 59.7 Å². The van der Waals surface area contributed by atoms with E-state index in [-0.39, 0.29) is 5.41 Å². The van der Waals surface area contributed by atoms with Crippen LogP contribution in [0.25, 0.3) is 0 Å². The van der Waals surface area contributed by atoms with Crippen LogP contribution in [0.3, 0.4) is 0 Å². The first kappa shape index (κ1) is 21.9. The van der Waals surface area contributed by atoms with Crippen molar-refractivity contribution >= 4 is 0 Å². The maximum Gasteiger partial charge on any atom is 0.0716 e. The van der Waals surface area contributed by atoms with E-state index in [1.165, 1.54) is 49.7 Å². The summed E-state index contributed by atoms with van der Waals surface area (Å²) in [6.07, 6.45) is 10.0. The summed E-state index contributed by atoms with van der Waals surface area (Å²) in [6.45, 7) is 6.31. The zero-order valence-corrected chi connectivity index (χ0v) is 20.1. The van der Waals surface area contributed by atoms with Gasteiger partial charge in [-0.2, -0.15) is 0 Å². The van der Waals surface area contributed by atoms with Crippen molar-refractivity contribution < 1.29 is 9.47 Å². The quantitative estimate of drug-likeness (QED) is 0.345.